The number of unbranched alkanes of at least 4 members (excludes halogenated alkanes) is 1. The van der Waals surface area contributed by atoms with Gasteiger partial charge in [-0.05, 0) is 25.3 Å². The number of rotatable bonds is 14. The summed E-state index contributed by atoms with van der Waals surface area (Å²) in [5, 5.41) is 0. The normalized spacial score (nSPS) is 15.6. The third-order valence-electron chi connectivity index (χ3n) is 3.51. The molecule has 0 aromatic heterocycles. The van der Waals surface area contributed by atoms with Gasteiger partial charge in [0, 0.05) is 26.2 Å². The molecule has 0 spiro atoms. The molecule has 0 fully saturated rings. The Labute approximate surface area is 152 Å². The summed E-state index contributed by atoms with van der Waals surface area (Å²) >= 11 is 0. The minimum atomic E-state index is -0.350. The van der Waals surface area contributed by atoms with Crippen molar-refractivity contribution in [2.75, 3.05) is 27.6 Å². The van der Waals surface area contributed by atoms with Crippen LogP contribution in [0.25, 0.3) is 0 Å². The summed E-state index contributed by atoms with van der Waals surface area (Å²) in [6.45, 7) is 11.7. The lowest BCUT2D eigenvalue weighted by Crippen LogP contribution is -2.35. The van der Waals surface area contributed by atoms with Gasteiger partial charge in [-0.2, -0.15) is 0 Å². The fraction of sp³-hybridized carbons (Fsp3) is 0.550. The molecule has 25 heavy (non-hydrogen) atoms. The van der Waals surface area contributed by atoms with Gasteiger partial charge in [0.05, 0.1) is 6.10 Å². The Balaban J connectivity index is 4.63. The summed E-state index contributed by atoms with van der Waals surface area (Å²) in [6, 6.07) is 0. The number of carbonyl (C=O) groups is 1. The summed E-state index contributed by atoms with van der Waals surface area (Å²) in [7, 11) is 3.18. The van der Waals surface area contributed by atoms with Gasteiger partial charge >= 0.3 is 5.97 Å². The molecule has 5 heteroatoms. The minimum Gasteiger partial charge on any atom is -0.458 e. The molecule has 0 bridgehead atoms. The Hall–Kier alpha value is -1.69. The molecule has 0 saturated heterocycles. The van der Waals surface area contributed by atoms with Crippen molar-refractivity contribution >= 4 is 5.97 Å². The molecule has 0 aliphatic heterocycles. The van der Waals surface area contributed by atoms with E-state index < -0.39 is 0 Å². The monoisotopic (exact) mass is 352 g/mol. The molecular formula is C20H32O5. The van der Waals surface area contributed by atoms with Crippen LogP contribution in [-0.2, 0) is 23.7 Å². The van der Waals surface area contributed by atoms with Gasteiger partial charge in [0.1, 0.15) is 19.5 Å². The topological polar surface area (TPSA) is 54.0 Å². The molecule has 0 amide bonds. The molecule has 3 atom stereocenters. The smallest absolute Gasteiger partial charge is 0.330 e. The number of methoxy groups -OCH3 is 2. The Kier molecular flexibility index (Phi) is 13.6. The van der Waals surface area contributed by atoms with Crippen LogP contribution in [0.3, 0.4) is 0 Å². The summed E-state index contributed by atoms with van der Waals surface area (Å²) in [5.41, 5.74) is 0.935. The molecule has 0 heterocycles. The number of ether oxygens (including phenoxy) is 4. The van der Waals surface area contributed by atoms with Crippen molar-refractivity contribution in [1.29, 1.82) is 0 Å². The summed E-state index contributed by atoms with van der Waals surface area (Å²) in [6.07, 6.45) is 9.87. The first-order valence-corrected chi connectivity index (χ1v) is 8.37. The maximum absolute atomic E-state index is 11.6. The Morgan fingerprint density at radius 1 is 1.20 bits per heavy atom. The predicted molar refractivity (Wildman–Crippen MR) is 100 cm³/mol. The highest BCUT2D eigenvalue weighted by molar-refractivity contribution is 5.81. The Morgan fingerprint density at radius 3 is 2.48 bits per heavy atom. The first-order chi connectivity index (χ1) is 12.0. The molecule has 0 N–H and O–H groups in total. The van der Waals surface area contributed by atoms with E-state index in [1.165, 1.54) is 6.08 Å². The number of carbonyl (C=O) groups excluding carboxylic acids is 1. The lowest BCUT2D eigenvalue weighted by Gasteiger charge is -2.27. The zero-order valence-corrected chi connectivity index (χ0v) is 15.9. The fourth-order valence-electron chi connectivity index (χ4n) is 2.28. The highest BCUT2D eigenvalue weighted by atomic mass is 16.7. The standard InChI is InChI=1S/C20H32O5/c1-7-9-10-11-12-19(21)24-14-16(3)13-17(4)20(25-15-22-5)18(8-2)23-6/h7-8,11-13,17-18,20H,1-2,9-10,14-15H2,3-6H3/b12-11+,16-13-/t17?,18?,20-/m0/s1. The van der Waals surface area contributed by atoms with E-state index in [-0.39, 0.29) is 37.5 Å². The van der Waals surface area contributed by atoms with Crippen LogP contribution in [0.5, 0.6) is 0 Å². The quantitative estimate of drug-likeness (QED) is 0.156. The molecule has 0 aromatic carbocycles. The SMILES string of the molecule is C=CCC/C=C/C(=O)OC/C(C)=C\C(C)[C@H](OCOC)C(C=C)OC. The van der Waals surface area contributed by atoms with Crippen molar-refractivity contribution in [1.82, 2.24) is 0 Å². The van der Waals surface area contributed by atoms with E-state index in [2.05, 4.69) is 13.2 Å². The molecular weight excluding hydrogens is 320 g/mol. The first-order valence-electron chi connectivity index (χ1n) is 8.37. The molecule has 0 aromatic rings. The van der Waals surface area contributed by atoms with Crippen LogP contribution in [0.2, 0.25) is 0 Å². The second-order valence-corrected chi connectivity index (χ2v) is 5.72. The highest BCUT2D eigenvalue weighted by Gasteiger charge is 2.24. The van der Waals surface area contributed by atoms with E-state index in [0.717, 1.165) is 18.4 Å². The summed E-state index contributed by atoms with van der Waals surface area (Å²) < 4.78 is 21.3. The molecule has 5 nitrogen and oxygen atoms in total. The maximum atomic E-state index is 11.6. The van der Waals surface area contributed by atoms with Crippen molar-refractivity contribution in [2.24, 2.45) is 5.92 Å². The van der Waals surface area contributed by atoms with Crippen LogP contribution in [0.4, 0.5) is 0 Å². The number of hydrogen-bond donors (Lipinski definition) is 0. The van der Waals surface area contributed by atoms with E-state index in [1.54, 1.807) is 26.4 Å². The van der Waals surface area contributed by atoms with Crippen molar-refractivity contribution in [3.8, 4) is 0 Å². The van der Waals surface area contributed by atoms with Gasteiger partial charge in [0.25, 0.3) is 0 Å². The second-order valence-electron chi connectivity index (χ2n) is 5.72. The van der Waals surface area contributed by atoms with Crippen molar-refractivity contribution in [3.63, 3.8) is 0 Å². The van der Waals surface area contributed by atoms with E-state index >= 15 is 0 Å². The molecule has 0 saturated carbocycles. The van der Waals surface area contributed by atoms with Gasteiger partial charge in [0.15, 0.2) is 0 Å². The highest BCUT2D eigenvalue weighted by Crippen LogP contribution is 2.18. The van der Waals surface area contributed by atoms with E-state index in [1.807, 2.05) is 26.0 Å². The van der Waals surface area contributed by atoms with Gasteiger partial charge in [0.2, 0.25) is 0 Å². The zero-order valence-electron chi connectivity index (χ0n) is 15.9. The van der Waals surface area contributed by atoms with Crippen LogP contribution in [0, 0.1) is 5.92 Å². The average molecular weight is 352 g/mol. The van der Waals surface area contributed by atoms with Crippen LogP contribution >= 0.6 is 0 Å². The van der Waals surface area contributed by atoms with Crippen LogP contribution in [0.1, 0.15) is 26.7 Å². The van der Waals surface area contributed by atoms with Crippen LogP contribution in [0.15, 0.2) is 49.1 Å². The first kappa shape index (κ1) is 23.3. The van der Waals surface area contributed by atoms with Crippen LogP contribution in [-0.4, -0.2) is 45.8 Å². The van der Waals surface area contributed by atoms with Gasteiger partial charge in [-0.1, -0.05) is 31.2 Å². The predicted octanol–water partition coefficient (Wildman–Crippen LogP) is 3.82. The van der Waals surface area contributed by atoms with E-state index in [0.29, 0.717) is 0 Å². The third-order valence-corrected chi connectivity index (χ3v) is 3.51. The number of hydrogen-bond acceptors (Lipinski definition) is 5. The zero-order chi connectivity index (χ0) is 19.1. The molecule has 142 valence electrons. The third kappa shape index (κ3) is 10.7. The van der Waals surface area contributed by atoms with E-state index in [4.69, 9.17) is 18.9 Å². The molecule has 0 aliphatic rings. The Morgan fingerprint density at radius 2 is 1.92 bits per heavy atom. The lowest BCUT2D eigenvalue weighted by molar-refractivity contribution is -0.136. The van der Waals surface area contributed by atoms with Crippen molar-refractivity contribution < 1.29 is 23.7 Å². The molecule has 0 rings (SSSR count). The average Bonchev–Trinajstić information content (AvgIpc) is 2.60. The summed E-state index contributed by atoms with van der Waals surface area (Å²) in [4.78, 5) is 11.6. The van der Waals surface area contributed by atoms with Crippen LogP contribution < -0.4 is 0 Å². The molecule has 0 radical (unpaired) electrons. The van der Waals surface area contributed by atoms with Gasteiger partial charge in [-0.25, -0.2) is 4.79 Å². The van der Waals surface area contributed by atoms with E-state index in [9.17, 15) is 4.79 Å². The fourth-order valence-corrected chi connectivity index (χ4v) is 2.28. The second kappa shape index (κ2) is 14.6. The van der Waals surface area contributed by atoms with Crippen molar-refractivity contribution in [2.45, 2.75) is 38.9 Å². The Bertz CT molecular complexity index is 453. The van der Waals surface area contributed by atoms with Crippen molar-refractivity contribution in [3.05, 3.63) is 49.1 Å². The molecule has 2 unspecified atom stereocenters. The largest absolute Gasteiger partial charge is 0.458 e. The maximum Gasteiger partial charge on any atom is 0.330 e. The van der Waals surface area contributed by atoms with Gasteiger partial charge < -0.3 is 18.9 Å². The molecule has 0 aliphatic carbocycles. The minimum absolute atomic E-state index is 0.0277. The summed E-state index contributed by atoms with van der Waals surface area (Å²) in [5.74, 6) is -0.322. The number of allylic oxidation sites excluding steroid dienone is 2. The van der Waals surface area contributed by atoms with Gasteiger partial charge in [-0.3, -0.25) is 0 Å². The van der Waals surface area contributed by atoms with Gasteiger partial charge in [-0.15, -0.1) is 13.2 Å². The number of esters is 1. The lowest BCUT2D eigenvalue weighted by atomic mass is 9.97.